The van der Waals surface area contributed by atoms with Gasteiger partial charge in [-0.3, -0.25) is 9.69 Å². The van der Waals surface area contributed by atoms with Crippen molar-refractivity contribution in [3.05, 3.63) is 34.2 Å². The highest BCUT2D eigenvalue weighted by Crippen LogP contribution is 2.34. The summed E-state index contributed by atoms with van der Waals surface area (Å²) in [5, 5.41) is 0. The molecule has 1 amide bonds. The van der Waals surface area contributed by atoms with Crippen molar-refractivity contribution >= 4 is 40.3 Å². The molecule has 5 heteroatoms. The van der Waals surface area contributed by atoms with Crippen molar-refractivity contribution in [2.24, 2.45) is 0 Å². The van der Waals surface area contributed by atoms with Crippen LogP contribution in [0.25, 0.3) is 6.08 Å². The number of ether oxygens (including phenoxy) is 1. The van der Waals surface area contributed by atoms with Crippen molar-refractivity contribution in [1.82, 2.24) is 4.90 Å². The average Bonchev–Trinajstić information content (AvgIpc) is 2.84. The Morgan fingerprint density at radius 1 is 1.53 bits per heavy atom. The molecule has 0 aliphatic carbocycles. The lowest BCUT2D eigenvalue weighted by atomic mass is 10.1. The minimum absolute atomic E-state index is 0.0277. The second-order valence-electron chi connectivity index (χ2n) is 4.74. The maximum Gasteiger partial charge on any atom is 0.265 e. The Morgan fingerprint density at radius 2 is 2.32 bits per heavy atom. The van der Waals surface area contributed by atoms with Gasteiger partial charge in [0.2, 0.25) is 0 Å². The number of carbonyl (C=O) groups is 1. The van der Waals surface area contributed by atoms with Gasteiger partial charge in [-0.25, -0.2) is 0 Å². The molecule has 1 unspecified atom stereocenters. The molecule has 2 aliphatic heterocycles. The fraction of sp³-hybridized carbons (Fsp3) is 0.286. The molecule has 0 bridgehead atoms. The van der Waals surface area contributed by atoms with Crippen molar-refractivity contribution in [3.63, 3.8) is 0 Å². The van der Waals surface area contributed by atoms with E-state index in [0.717, 1.165) is 17.7 Å². The van der Waals surface area contributed by atoms with Gasteiger partial charge in [-0.15, -0.1) is 0 Å². The Balaban J connectivity index is 1.91. The average molecular weight is 291 g/mol. The van der Waals surface area contributed by atoms with Crippen molar-refractivity contribution < 1.29 is 9.53 Å². The highest BCUT2D eigenvalue weighted by Gasteiger charge is 2.28. The third-order valence-corrected chi connectivity index (χ3v) is 4.69. The van der Waals surface area contributed by atoms with Crippen LogP contribution in [0.4, 0.5) is 0 Å². The molecule has 2 aliphatic rings. The number of thioether (sulfide) groups is 1. The molecule has 1 fully saturated rings. The summed E-state index contributed by atoms with van der Waals surface area (Å²) in [7, 11) is 1.71. The SMILES string of the molecule is CC1Cc2cc(/C=C3\SC(=S)N(C)C3=O)ccc2O1. The van der Waals surface area contributed by atoms with Crippen LogP contribution in [0.3, 0.4) is 0 Å². The highest BCUT2D eigenvalue weighted by atomic mass is 32.2. The number of carbonyl (C=O) groups excluding carboxylic acids is 1. The van der Waals surface area contributed by atoms with Crippen LogP contribution < -0.4 is 4.74 Å². The molecule has 0 spiro atoms. The van der Waals surface area contributed by atoms with Crippen LogP contribution in [0.1, 0.15) is 18.1 Å². The molecular weight excluding hydrogens is 278 g/mol. The molecular formula is C14H13NO2S2. The molecule has 0 saturated carbocycles. The van der Waals surface area contributed by atoms with Crippen molar-refractivity contribution in [2.45, 2.75) is 19.4 Å². The zero-order valence-electron chi connectivity index (χ0n) is 10.7. The first kappa shape index (κ1) is 12.7. The van der Waals surface area contributed by atoms with Crippen LogP contribution in [0, 0.1) is 0 Å². The van der Waals surface area contributed by atoms with Gasteiger partial charge in [0.1, 0.15) is 16.2 Å². The van der Waals surface area contributed by atoms with Gasteiger partial charge in [0.25, 0.3) is 5.91 Å². The van der Waals surface area contributed by atoms with Crippen molar-refractivity contribution in [2.75, 3.05) is 7.05 Å². The van der Waals surface area contributed by atoms with Gasteiger partial charge in [0.05, 0.1) is 4.91 Å². The van der Waals surface area contributed by atoms with Gasteiger partial charge < -0.3 is 4.74 Å². The van der Waals surface area contributed by atoms with Crippen LogP contribution in [0.5, 0.6) is 5.75 Å². The number of benzene rings is 1. The van der Waals surface area contributed by atoms with Gasteiger partial charge in [0.15, 0.2) is 0 Å². The molecule has 0 aromatic heterocycles. The maximum atomic E-state index is 11.9. The second kappa shape index (κ2) is 4.65. The summed E-state index contributed by atoms with van der Waals surface area (Å²) in [6.45, 7) is 2.06. The predicted octanol–water partition coefficient (Wildman–Crippen LogP) is 2.84. The van der Waals surface area contributed by atoms with E-state index in [1.165, 1.54) is 22.2 Å². The lowest BCUT2D eigenvalue weighted by molar-refractivity contribution is -0.121. The highest BCUT2D eigenvalue weighted by molar-refractivity contribution is 8.26. The molecule has 19 heavy (non-hydrogen) atoms. The predicted molar refractivity (Wildman–Crippen MR) is 81.2 cm³/mol. The number of rotatable bonds is 1. The van der Waals surface area contributed by atoms with E-state index in [1.807, 2.05) is 18.2 Å². The number of hydrogen-bond donors (Lipinski definition) is 0. The Morgan fingerprint density at radius 3 is 3.00 bits per heavy atom. The van der Waals surface area contributed by atoms with Gasteiger partial charge in [-0.1, -0.05) is 30.0 Å². The number of hydrogen-bond acceptors (Lipinski definition) is 4. The van der Waals surface area contributed by atoms with E-state index in [9.17, 15) is 4.79 Å². The minimum Gasteiger partial charge on any atom is -0.490 e. The first-order valence-electron chi connectivity index (χ1n) is 6.06. The molecule has 1 aromatic rings. The van der Waals surface area contributed by atoms with Crippen LogP contribution in [-0.4, -0.2) is 28.3 Å². The summed E-state index contributed by atoms with van der Waals surface area (Å²) in [4.78, 5) is 14.1. The molecule has 3 nitrogen and oxygen atoms in total. The number of thiocarbonyl (C=S) groups is 1. The topological polar surface area (TPSA) is 29.5 Å². The molecule has 2 heterocycles. The van der Waals surface area contributed by atoms with E-state index in [2.05, 4.69) is 13.0 Å². The van der Waals surface area contributed by atoms with Crippen LogP contribution in [0.2, 0.25) is 0 Å². The summed E-state index contributed by atoms with van der Waals surface area (Å²) >= 11 is 6.46. The van der Waals surface area contributed by atoms with Gasteiger partial charge >= 0.3 is 0 Å². The van der Waals surface area contributed by atoms with E-state index in [1.54, 1.807) is 7.05 Å². The molecule has 3 rings (SSSR count). The summed E-state index contributed by atoms with van der Waals surface area (Å²) in [6.07, 6.45) is 3.05. The van der Waals surface area contributed by atoms with E-state index >= 15 is 0 Å². The first-order chi connectivity index (χ1) is 9.04. The quantitative estimate of drug-likeness (QED) is 0.588. The van der Waals surface area contributed by atoms with E-state index in [4.69, 9.17) is 17.0 Å². The minimum atomic E-state index is -0.0277. The molecule has 1 aromatic carbocycles. The van der Waals surface area contributed by atoms with Gasteiger partial charge in [-0.2, -0.15) is 0 Å². The van der Waals surface area contributed by atoms with E-state index in [0.29, 0.717) is 9.23 Å². The molecule has 0 radical (unpaired) electrons. The van der Waals surface area contributed by atoms with Crippen molar-refractivity contribution in [1.29, 1.82) is 0 Å². The maximum absolute atomic E-state index is 11.9. The summed E-state index contributed by atoms with van der Waals surface area (Å²) in [6, 6.07) is 6.03. The van der Waals surface area contributed by atoms with Gasteiger partial charge in [0, 0.05) is 13.5 Å². The molecule has 0 N–H and O–H groups in total. The zero-order valence-corrected chi connectivity index (χ0v) is 12.3. The first-order valence-corrected chi connectivity index (χ1v) is 7.28. The van der Waals surface area contributed by atoms with Crippen LogP contribution >= 0.6 is 24.0 Å². The lowest BCUT2D eigenvalue weighted by Crippen LogP contribution is -2.22. The van der Waals surface area contributed by atoms with E-state index < -0.39 is 0 Å². The van der Waals surface area contributed by atoms with Crippen LogP contribution in [0.15, 0.2) is 23.1 Å². The Kier molecular flexibility index (Phi) is 3.11. The largest absolute Gasteiger partial charge is 0.490 e. The van der Waals surface area contributed by atoms with Crippen LogP contribution in [-0.2, 0) is 11.2 Å². The number of fused-ring (bicyclic) bond motifs is 1. The third-order valence-electron chi connectivity index (χ3n) is 3.20. The molecule has 98 valence electrons. The van der Waals surface area contributed by atoms with E-state index in [-0.39, 0.29) is 12.0 Å². The normalized spacial score (nSPS) is 24.0. The number of likely N-dealkylation sites (N-methyl/N-ethyl adjacent to an activating group) is 1. The zero-order chi connectivity index (χ0) is 13.6. The lowest BCUT2D eigenvalue weighted by Gasteiger charge is -2.04. The smallest absolute Gasteiger partial charge is 0.265 e. The summed E-state index contributed by atoms with van der Waals surface area (Å²) < 4.78 is 6.27. The molecule has 1 atom stereocenters. The Hall–Kier alpha value is -1.33. The second-order valence-corrected chi connectivity index (χ2v) is 6.42. The van der Waals surface area contributed by atoms with Gasteiger partial charge in [-0.05, 0) is 36.3 Å². The third kappa shape index (κ3) is 2.28. The Labute approximate surface area is 121 Å². The fourth-order valence-electron chi connectivity index (χ4n) is 2.23. The standard InChI is InChI=1S/C14H13NO2S2/c1-8-5-10-6-9(3-4-11(10)17-8)7-12-13(16)15(2)14(18)19-12/h3-4,6-8H,5H2,1-2H3/b12-7-. The fourth-order valence-corrected chi connectivity index (χ4v) is 3.41. The summed E-state index contributed by atoms with van der Waals surface area (Å²) in [5.74, 6) is 0.924. The monoisotopic (exact) mass is 291 g/mol. The summed E-state index contributed by atoms with van der Waals surface area (Å²) in [5.41, 5.74) is 2.22. The molecule has 1 saturated heterocycles. The number of amides is 1. The number of nitrogens with zero attached hydrogens (tertiary/aromatic N) is 1. The van der Waals surface area contributed by atoms with Crippen molar-refractivity contribution in [3.8, 4) is 5.75 Å². The Bertz CT molecular complexity index is 609.